The van der Waals surface area contributed by atoms with Crippen molar-refractivity contribution in [1.29, 1.82) is 0 Å². The first kappa shape index (κ1) is 14.6. The molecule has 3 rings (SSSR count). The Morgan fingerprint density at radius 1 is 1.36 bits per heavy atom. The van der Waals surface area contributed by atoms with Gasteiger partial charge in [0.15, 0.2) is 0 Å². The van der Waals surface area contributed by atoms with Crippen LogP contribution in [0.4, 0.5) is 0 Å². The molecule has 1 amide bonds. The highest BCUT2D eigenvalue weighted by atomic mass is 16.5. The minimum Gasteiger partial charge on any atom is -0.497 e. The summed E-state index contributed by atoms with van der Waals surface area (Å²) in [5.41, 5.74) is 3.16. The summed E-state index contributed by atoms with van der Waals surface area (Å²) >= 11 is 0. The lowest BCUT2D eigenvalue weighted by Crippen LogP contribution is -2.32. The Morgan fingerprint density at radius 3 is 2.95 bits per heavy atom. The van der Waals surface area contributed by atoms with Crippen LogP contribution < -0.4 is 4.74 Å². The molecule has 2 aromatic rings. The van der Waals surface area contributed by atoms with Crippen LogP contribution in [0.3, 0.4) is 0 Å². The van der Waals surface area contributed by atoms with Crippen molar-refractivity contribution in [2.45, 2.75) is 32.7 Å². The van der Waals surface area contributed by atoms with Gasteiger partial charge in [0.2, 0.25) is 5.91 Å². The number of carbonyl (C=O) groups excluding carboxylic acids is 1. The Kier molecular flexibility index (Phi) is 4.13. The van der Waals surface area contributed by atoms with Crippen LogP contribution in [0.15, 0.2) is 28.8 Å². The average molecular weight is 300 g/mol. The fourth-order valence-electron chi connectivity index (χ4n) is 2.84. The molecule has 0 radical (unpaired) electrons. The number of benzene rings is 1. The number of rotatable bonds is 3. The van der Waals surface area contributed by atoms with Crippen LogP contribution in [-0.4, -0.2) is 29.6 Å². The highest BCUT2D eigenvalue weighted by Gasteiger charge is 2.20. The van der Waals surface area contributed by atoms with Gasteiger partial charge in [0.1, 0.15) is 11.5 Å². The summed E-state index contributed by atoms with van der Waals surface area (Å²) in [6.07, 6.45) is 2.23. The number of methoxy groups -OCH3 is 1. The third-order valence-corrected chi connectivity index (χ3v) is 4.01. The van der Waals surface area contributed by atoms with Crippen molar-refractivity contribution in [3.63, 3.8) is 0 Å². The van der Waals surface area contributed by atoms with Crippen molar-refractivity contribution in [1.82, 2.24) is 10.1 Å². The molecule has 0 bridgehead atoms. The molecule has 1 aromatic heterocycles. The number of aromatic nitrogens is 1. The third-order valence-electron chi connectivity index (χ3n) is 4.01. The number of hydrogen-bond donors (Lipinski definition) is 0. The summed E-state index contributed by atoms with van der Waals surface area (Å²) in [6.45, 7) is 3.25. The molecule has 0 saturated carbocycles. The van der Waals surface area contributed by atoms with Crippen LogP contribution in [0.5, 0.6) is 5.75 Å². The van der Waals surface area contributed by atoms with E-state index in [0.717, 1.165) is 30.9 Å². The fraction of sp³-hybridized carbons (Fsp3) is 0.412. The molecule has 1 aromatic carbocycles. The van der Waals surface area contributed by atoms with Crippen molar-refractivity contribution in [2.24, 2.45) is 0 Å². The molecule has 1 aliphatic heterocycles. The third kappa shape index (κ3) is 3.13. The Morgan fingerprint density at radius 2 is 2.23 bits per heavy atom. The first-order valence-electron chi connectivity index (χ1n) is 7.51. The van der Waals surface area contributed by atoms with Crippen molar-refractivity contribution < 1.29 is 14.1 Å². The second-order valence-corrected chi connectivity index (χ2v) is 5.66. The SMILES string of the molecule is COc1ccc2c(c1)CCCN(C(=O)Cc1cc(C)on1)C2. The van der Waals surface area contributed by atoms with Crippen molar-refractivity contribution in [2.75, 3.05) is 13.7 Å². The van der Waals surface area contributed by atoms with E-state index >= 15 is 0 Å². The van der Waals surface area contributed by atoms with E-state index < -0.39 is 0 Å². The Bertz CT molecular complexity index is 678. The smallest absolute Gasteiger partial charge is 0.229 e. The van der Waals surface area contributed by atoms with Crippen LogP contribution in [0.1, 0.15) is 29.0 Å². The minimum atomic E-state index is 0.0944. The summed E-state index contributed by atoms with van der Waals surface area (Å²) in [6, 6.07) is 7.90. The fourth-order valence-corrected chi connectivity index (χ4v) is 2.84. The van der Waals surface area contributed by atoms with E-state index in [-0.39, 0.29) is 5.91 Å². The number of nitrogens with zero attached hydrogens (tertiary/aromatic N) is 2. The van der Waals surface area contributed by atoms with Crippen molar-refractivity contribution in [3.05, 3.63) is 46.8 Å². The second-order valence-electron chi connectivity index (χ2n) is 5.66. The summed E-state index contributed by atoms with van der Waals surface area (Å²) in [7, 11) is 1.67. The van der Waals surface area contributed by atoms with E-state index in [2.05, 4.69) is 17.3 Å². The Hall–Kier alpha value is -2.30. The molecule has 0 atom stereocenters. The van der Waals surface area contributed by atoms with E-state index in [9.17, 15) is 4.79 Å². The van der Waals surface area contributed by atoms with Crippen LogP contribution >= 0.6 is 0 Å². The monoisotopic (exact) mass is 300 g/mol. The molecule has 2 heterocycles. The number of fused-ring (bicyclic) bond motifs is 1. The molecule has 0 saturated heterocycles. The highest BCUT2D eigenvalue weighted by Crippen LogP contribution is 2.24. The minimum absolute atomic E-state index is 0.0944. The lowest BCUT2D eigenvalue weighted by molar-refractivity contribution is -0.131. The summed E-state index contributed by atoms with van der Waals surface area (Å²) in [4.78, 5) is 14.4. The molecular weight excluding hydrogens is 280 g/mol. The molecule has 0 aliphatic carbocycles. The van der Waals surface area contributed by atoms with Gasteiger partial charge in [-0.15, -0.1) is 0 Å². The number of ether oxygens (including phenoxy) is 1. The maximum Gasteiger partial charge on any atom is 0.229 e. The lowest BCUT2D eigenvalue weighted by Gasteiger charge is -2.20. The number of aryl methyl sites for hydroxylation is 2. The van der Waals surface area contributed by atoms with Gasteiger partial charge in [0, 0.05) is 19.2 Å². The summed E-state index contributed by atoms with van der Waals surface area (Å²) in [5.74, 6) is 1.70. The van der Waals surface area contributed by atoms with Crippen LogP contribution in [0.25, 0.3) is 0 Å². The summed E-state index contributed by atoms with van der Waals surface area (Å²) in [5, 5.41) is 3.90. The van der Waals surface area contributed by atoms with Crippen molar-refractivity contribution in [3.8, 4) is 5.75 Å². The molecule has 0 fully saturated rings. The van der Waals surface area contributed by atoms with Gasteiger partial charge in [-0.05, 0) is 43.0 Å². The van der Waals surface area contributed by atoms with Gasteiger partial charge in [-0.2, -0.15) is 0 Å². The second kappa shape index (κ2) is 6.22. The van der Waals surface area contributed by atoms with E-state index in [1.807, 2.05) is 24.0 Å². The standard InChI is InChI=1S/C17H20N2O3/c1-12-8-15(18-22-12)10-17(20)19-7-3-4-13-9-16(21-2)6-5-14(13)11-19/h5-6,8-9H,3-4,7,10-11H2,1-2H3. The van der Waals surface area contributed by atoms with Crippen molar-refractivity contribution >= 4 is 5.91 Å². The first-order chi connectivity index (χ1) is 10.7. The average Bonchev–Trinajstić information content (AvgIpc) is 2.81. The van der Waals surface area contributed by atoms with Gasteiger partial charge < -0.3 is 14.2 Å². The quantitative estimate of drug-likeness (QED) is 0.874. The van der Waals surface area contributed by atoms with E-state index in [0.29, 0.717) is 18.7 Å². The van der Waals surface area contributed by atoms with Crippen LogP contribution in [0, 0.1) is 6.92 Å². The molecule has 22 heavy (non-hydrogen) atoms. The van der Waals surface area contributed by atoms with Gasteiger partial charge in [0.25, 0.3) is 0 Å². The molecular formula is C17H20N2O3. The van der Waals surface area contributed by atoms with E-state index in [4.69, 9.17) is 9.26 Å². The topological polar surface area (TPSA) is 55.6 Å². The zero-order valence-electron chi connectivity index (χ0n) is 13.0. The van der Waals surface area contributed by atoms with Crippen LogP contribution in [0.2, 0.25) is 0 Å². The molecule has 0 spiro atoms. The van der Waals surface area contributed by atoms with Gasteiger partial charge in [0.05, 0.1) is 19.2 Å². The molecule has 0 N–H and O–H groups in total. The maximum absolute atomic E-state index is 12.5. The molecule has 5 heteroatoms. The Labute approximate surface area is 129 Å². The summed E-state index contributed by atoms with van der Waals surface area (Å²) < 4.78 is 10.3. The first-order valence-corrected chi connectivity index (χ1v) is 7.51. The number of amides is 1. The molecule has 5 nitrogen and oxygen atoms in total. The molecule has 116 valence electrons. The van der Waals surface area contributed by atoms with Gasteiger partial charge in [-0.1, -0.05) is 11.2 Å². The maximum atomic E-state index is 12.5. The van der Waals surface area contributed by atoms with Gasteiger partial charge in [-0.3, -0.25) is 4.79 Å². The van der Waals surface area contributed by atoms with Crippen LogP contribution in [-0.2, 0) is 24.2 Å². The normalized spacial score (nSPS) is 14.4. The predicted octanol–water partition coefficient (Wildman–Crippen LogP) is 2.51. The van der Waals surface area contributed by atoms with E-state index in [1.54, 1.807) is 7.11 Å². The molecule has 0 unspecified atom stereocenters. The Balaban J connectivity index is 1.73. The highest BCUT2D eigenvalue weighted by molar-refractivity contribution is 5.78. The molecule has 1 aliphatic rings. The van der Waals surface area contributed by atoms with Gasteiger partial charge in [-0.25, -0.2) is 0 Å². The predicted molar refractivity (Wildman–Crippen MR) is 81.7 cm³/mol. The zero-order chi connectivity index (χ0) is 15.5. The largest absolute Gasteiger partial charge is 0.497 e. The number of carbonyl (C=O) groups is 1. The van der Waals surface area contributed by atoms with E-state index in [1.165, 1.54) is 11.1 Å². The zero-order valence-corrected chi connectivity index (χ0v) is 13.0. The lowest BCUT2D eigenvalue weighted by atomic mass is 10.0. The number of hydrogen-bond acceptors (Lipinski definition) is 4. The van der Waals surface area contributed by atoms with Gasteiger partial charge >= 0.3 is 0 Å².